The number of anilines is 2. The number of para-hydroxylation sites is 1. The van der Waals surface area contributed by atoms with Crippen molar-refractivity contribution in [2.45, 2.75) is 19.4 Å². The van der Waals surface area contributed by atoms with Gasteiger partial charge < -0.3 is 10.2 Å². The standard InChI is InChI=1S/C17H16N2O/c1-11-5-4-8-14-15(11)19-10-9-12-6-2-3-7-13(12)16(19)17(20)18-14/h2-8,16H,9-10H2,1H3,(H,18,20). The fraction of sp³-hybridized carbons (Fsp3) is 0.235. The molecule has 0 aliphatic carbocycles. The Labute approximate surface area is 118 Å². The summed E-state index contributed by atoms with van der Waals surface area (Å²) in [5, 5.41) is 3.06. The zero-order valence-corrected chi connectivity index (χ0v) is 11.4. The van der Waals surface area contributed by atoms with E-state index in [4.69, 9.17) is 0 Å². The molecule has 0 spiro atoms. The lowest BCUT2D eigenvalue weighted by Gasteiger charge is -2.42. The minimum absolute atomic E-state index is 0.0789. The van der Waals surface area contributed by atoms with E-state index in [2.05, 4.69) is 41.4 Å². The van der Waals surface area contributed by atoms with Crippen molar-refractivity contribution in [3.05, 3.63) is 59.2 Å². The number of nitrogens with zero attached hydrogens (tertiary/aromatic N) is 1. The molecule has 1 N–H and O–H groups in total. The third-order valence-electron chi connectivity index (χ3n) is 4.31. The van der Waals surface area contributed by atoms with Crippen LogP contribution in [0, 0.1) is 6.92 Å². The Kier molecular flexibility index (Phi) is 2.36. The van der Waals surface area contributed by atoms with Gasteiger partial charge in [-0.25, -0.2) is 0 Å². The molecule has 0 fully saturated rings. The number of nitrogens with one attached hydrogen (secondary N) is 1. The normalized spacial score (nSPS) is 19.8. The van der Waals surface area contributed by atoms with Gasteiger partial charge in [-0.15, -0.1) is 0 Å². The number of carbonyl (C=O) groups excluding carboxylic acids is 1. The van der Waals surface area contributed by atoms with E-state index < -0.39 is 0 Å². The van der Waals surface area contributed by atoms with Crippen LogP contribution in [0.2, 0.25) is 0 Å². The SMILES string of the molecule is Cc1cccc2c1N1CCc3ccccc3C1C(=O)N2. The first-order valence-electron chi connectivity index (χ1n) is 7.00. The van der Waals surface area contributed by atoms with Gasteiger partial charge in [-0.05, 0) is 36.1 Å². The van der Waals surface area contributed by atoms with Gasteiger partial charge in [0, 0.05) is 6.54 Å². The second-order valence-corrected chi connectivity index (χ2v) is 5.51. The summed E-state index contributed by atoms with van der Waals surface area (Å²) in [6, 6.07) is 14.2. The zero-order chi connectivity index (χ0) is 13.7. The van der Waals surface area contributed by atoms with Gasteiger partial charge in [0.15, 0.2) is 0 Å². The largest absolute Gasteiger partial charge is 0.354 e. The summed E-state index contributed by atoms with van der Waals surface area (Å²) < 4.78 is 0. The Bertz CT molecular complexity index is 708. The number of amides is 1. The molecule has 3 nitrogen and oxygen atoms in total. The molecule has 1 amide bonds. The summed E-state index contributed by atoms with van der Waals surface area (Å²) in [5.41, 5.74) is 5.76. The summed E-state index contributed by atoms with van der Waals surface area (Å²) in [6.45, 7) is 3.00. The Morgan fingerprint density at radius 2 is 2.00 bits per heavy atom. The molecule has 4 rings (SSSR count). The molecule has 1 atom stereocenters. The first kappa shape index (κ1) is 11.5. The quantitative estimate of drug-likeness (QED) is 0.793. The molecule has 0 radical (unpaired) electrons. The number of hydrogen-bond acceptors (Lipinski definition) is 2. The maximum atomic E-state index is 12.5. The lowest BCUT2D eigenvalue weighted by molar-refractivity contribution is -0.117. The van der Waals surface area contributed by atoms with Crippen LogP contribution in [0.25, 0.3) is 0 Å². The predicted octanol–water partition coefficient (Wildman–Crippen LogP) is 3.05. The van der Waals surface area contributed by atoms with E-state index in [1.165, 1.54) is 16.8 Å². The van der Waals surface area contributed by atoms with Gasteiger partial charge >= 0.3 is 0 Å². The van der Waals surface area contributed by atoms with Crippen LogP contribution >= 0.6 is 0 Å². The average molecular weight is 264 g/mol. The molecule has 2 aliphatic heterocycles. The van der Waals surface area contributed by atoms with Crippen molar-refractivity contribution < 1.29 is 4.79 Å². The van der Waals surface area contributed by atoms with Gasteiger partial charge in [0.1, 0.15) is 6.04 Å². The third-order valence-corrected chi connectivity index (χ3v) is 4.31. The molecular weight excluding hydrogens is 248 g/mol. The maximum Gasteiger partial charge on any atom is 0.251 e. The van der Waals surface area contributed by atoms with Crippen LogP contribution in [0.3, 0.4) is 0 Å². The van der Waals surface area contributed by atoms with Crippen LogP contribution < -0.4 is 10.2 Å². The average Bonchev–Trinajstić information content (AvgIpc) is 2.46. The molecule has 0 saturated heterocycles. The van der Waals surface area contributed by atoms with Crippen LogP contribution in [0.5, 0.6) is 0 Å². The monoisotopic (exact) mass is 264 g/mol. The molecule has 3 heteroatoms. The van der Waals surface area contributed by atoms with Crippen molar-refractivity contribution in [2.75, 3.05) is 16.8 Å². The number of rotatable bonds is 0. The van der Waals surface area contributed by atoms with E-state index in [0.29, 0.717) is 0 Å². The van der Waals surface area contributed by atoms with Crippen molar-refractivity contribution in [3.8, 4) is 0 Å². The van der Waals surface area contributed by atoms with Gasteiger partial charge in [-0.3, -0.25) is 4.79 Å². The van der Waals surface area contributed by atoms with Crippen LogP contribution in [0.1, 0.15) is 22.7 Å². The van der Waals surface area contributed by atoms with Gasteiger partial charge in [-0.1, -0.05) is 36.4 Å². The summed E-state index contributed by atoms with van der Waals surface area (Å²) in [7, 11) is 0. The molecule has 1 unspecified atom stereocenters. The fourth-order valence-corrected chi connectivity index (χ4v) is 3.43. The number of hydrogen-bond donors (Lipinski definition) is 1. The number of fused-ring (bicyclic) bond motifs is 5. The van der Waals surface area contributed by atoms with E-state index >= 15 is 0 Å². The first-order chi connectivity index (χ1) is 9.75. The second-order valence-electron chi connectivity index (χ2n) is 5.51. The molecule has 0 bridgehead atoms. The van der Waals surface area contributed by atoms with E-state index in [-0.39, 0.29) is 11.9 Å². The molecule has 2 aromatic rings. The summed E-state index contributed by atoms with van der Waals surface area (Å²) in [4.78, 5) is 14.8. The molecule has 2 aliphatic rings. The highest BCUT2D eigenvalue weighted by atomic mass is 16.2. The molecule has 0 aromatic heterocycles. The van der Waals surface area contributed by atoms with Crippen molar-refractivity contribution in [1.29, 1.82) is 0 Å². The molecule has 2 aromatic carbocycles. The Morgan fingerprint density at radius 3 is 2.90 bits per heavy atom. The summed E-state index contributed by atoms with van der Waals surface area (Å²) >= 11 is 0. The number of carbonyl (C=O) groups is 1. The van der Waals surface area contributed by atoms with Gasteiger partial charge in [-0.2, -0.15) is 0 Å². The van der Waals surface area contributed by atoms with E-state index in [1.54, 1.807) is 0 Å². The van der Waals surface area contributed by atoms with Crippen molar-refractivity contribution in [3.63, 3.8) is 0 Å². The maximum absolute atomic E-state index is 12.5. The Morgan fingerprint density at radius 1 is 1.15 bits per heavy atom. The highest BCUT2D eigenvalue weighted by Crippen LogP contribution is 2.43. The number of aryl methyl sites for hydroxylation is 1. The molecule has 0 saturated carbocycles. The lowest BCUT2D eigenvalue weighted by Crippen LogP contribution is -2.45. The molecule has 2 heterocycles. The van der Waals surface area contributed by atoms with Crippen LogP contribution in [-0.4, -0.2) is 12.5 Å². The van der Waals surface area contributed by atoms with Crippen LogP contribution in [0.15, 0.2) is 42.5 Å². The third kappa shape index (κ3) is 1.49. The second kappa shape index (κ2) is 4.10. The smallest absolute Gasteiger partial charge is 0.251 e. The highest BCUT2D eigenvalue weighted by molar-refractivity contribution is 6.05. The minimum atomic E-state index is -0.187. The van der Waals surface area contributed by atoms with E-state index in [1.807, 2.05) is 18.2 Å². The fourth-order valence-electron chi connectivity index (χ4n) is 3.43. The van der Waals surface area contributed by atoms with Crippen molar-refractivity contribution >= 4 is 17.3 Å². The van der Waals surface area contributed by atoms with Crippen molar-refractivity contribution in [1.82, 2.24) is 0 Å². The molecule has 100 valence electrons. The van der Waals surface area contributed by atoms with Gasteiger partial charge in [0.05, 0.1) is 11.4 Å². The first-order valence-corrected chi connectivity index (χ1v) is 7.00. The highest BCUT2D eigenvalue weighted by Gasteiger charge is 2.38. The van der Waals surface area contributed by atoms with Gasteiger partial charge in [0.2, 0.25) is 0 Å². The molecular formula is C17H16N2O. The van der Waals surface area contributed by atoms with E-state index in [9.17, 15) is 4.79 Å². The van der Waals surface area contributed by atoms with Gasteiger partial charge in [0.25, 0.3) is 5.91 Å². The predicted molar refractivity (Wildman–Crippen MR) is 80.0 cm³/mol. The zero-order valence-electron chi connectivity index (χ0n) is 11.4. The van der Waals surface area contributed by atoms with Crippen LogP contribution in [0.4, 0.5) is 11.4 Å². The lowest BCUT2D eigenvalue weighted by atomic mass is 9.89. The van der Waals surface area contributed by atoms with E-state index in [0.717, 1.165) is 24.2 Å². The topological polar surface area (TPSA) is 32.3 Å². The van der Waals surface area contributed by atoms with Crippen molar-refractivity contribution in [2.24, 2.45) is 0 Å². The Balaban J connectivity index is 1.92. The minimum Gasteiger partial charge on any atom is -0.354 e. The summed E-state index contributed by atoms with van der Waals surface area (Å²) in [5.74, 6) is 0.0789. The Hall–Kier alpha value is -2.29. The summed E-state index contributed by atoms with van der Waals surface area (Å²) in [6.07, 6.45) is 0.994. The van der Waals surface area contributed by atoms with Crippen LogP contribution in [-0.2, 0) is 11.2 Å². The molecule has 20 heavy (non-hydrogen) atoms. The number of benzene rings is 2.